The highest BCUT2D eigenvalue weighted by atomic mass is 28.3. The van der Waals surface area contributed by atoms with Gasteiger partial charge in [0, 0.05) is 23.2 Å². The number of nitrogens with zero attached hydrogens (tertiary/aromatic N) is 1. The number of benzene rings is 1. The average molecular weight is 346 g/mol. The molecule has 0 unspecified atom stereocenters. The van der Waals surface area contributed by atoms with Crippen molar-refractivity contribution in [2.45, 2.75) is 71.9 Å². The van der Waals surface area contributed by atoms with E-state index in [1.807, 2.05) is 33.8 Å². The van der Waals surface area contributed by atoms with Gasteiger partial charge in [0.15, 0.2) is 0 Å². The fourth-order valence-electron chi connectivity index (χ4n) is 3.94. The quantitative estimate of drug-likeness (QED) is 0.660. The lowest BCUT2D eigenvalue weighted by atomic mass is 10.1. The Morgan fingerprint density at radius 1 is 1.08 bits per heavy atom. The molecular weight excluding hydrogens is 314 g/mol. The Hall–Kier alpha value is -1.55. The lowest BCUT2D eigenvalue weighted by molar-refractivity contribution is 0.114. The second-order valence-corrected chi connectivity index (χ2v) is 13.7. The Labute approximate surface area is 147 Å². The van der Waals surface area contributed by atoms with Crippen molar-refractivity contribution >= 4 is 19.9 Å². The number of allylic oxidation sites excluding steroid dienone is 1. The van der Waals surface area contributed by atoms with E-state index in [0.717, 1.165) is 11.3 Å². The molecule has 3 nitrogen and oxygen atoms in total. The summed E-state index contributed by atoms with van der Waals surface area (Å²) in [6.45, 7) is 17.3. The van der Waals surface area contributed by atoms with Crippen LogP contribution in [0.4, 0.5) is 4.79 Å². The Balaban J connectivity index is 2.42. The molecule has 4 heteroatoms. The molecule has 1 atom stereocenters. The lowest BCUT2D eigenvalue weighted by Gasteiger charge is -2.30. The molecule has 1 amide bonds. The Morgan fingerprint density at radius 2 is 1.62 bits per heavy atom. The van der Waals surface area contributed by atoms with E-state index in [0.29, 0.717) is 5.54 Å². The normalized spacial score (nSPS) is 17.5. The van der Waals surface area contributed by atoms with Crippen LogP contribution < -0.4 is 0 Å². The molecule has 0 heterocycles. The molecule has 2 rings (SSSR count). The first-order valence-electron chi connectivity index (χ1n) is 8.86. The highest BCUT2D eigenvalue weighted by Gasteiger charge is 2.39. The minimum absolute atomic E-state index is 0.114. The smallest absolute Gasteiger partial charge is 0.410 e. The minimum atomic E-state index is -1.46. The number of fused-ring (bicyclic) bond motifs is 1. The predicted molar refractivity (Wildman–Crippen MR) is 104 cm³/mol. The molecule has 1 aromatic rings. The maximum atomic E-state index is 12.8. The maximum absolute atomic E-state index is 12.8. The van der Waals surface area contributed by atoms with Gasteiger partial charge in [-0.05, 0) is 45.8 Å². The number of ether oxygens (including phenoxy) is 1. The molecule has 132 valence electrons. The van der Waals surface area contributed by atoms with Crippen LogP contribution in [0.5, 0.6) is 0 Å². The molecule has 0 fully saturated rings. The monoisotopic (exact) mass is 345 g/mol. The zero-order valence-electron chi connectivity index (χ0n) is 16.3. The first-order chi connectivity index (χ1) is 11.1. The fraction of sp³-hybridized carbons (Fsp3) is 0.550. The third-order valence-electron chi connectivity index (χ3n) is 4.69. The number of carbonyl (C=O) groups is 1. The van der Waals surface area contributed by atoms with E-state index < -0.39 is 8.07 Å². The van der Waals surface area contributed by atoms with E-state index in [4.69, 9.17) is 4.74 Å². The van der Waals surface area contributed by atoms with E-state index in [9.17, 15) is 4.79 Å². The number of hydrogen-bond donors (Lipinski definition) is 0. The Morgan fingerprint density at radius 3 is 2.12 bits per heavy atom. The van der Waals surface area contributed by atoms with Gasteiger partial charge in [-0.25, -0.2) is 4.79 Å². The first-order valence-corrected chi connectivity index (χ1v) is 12.4. The summed E-state index contributed by atoms with van der Waals surface area (Å²) in [5.41, 5.74) is 4.01. The number of hydrogen-bond acceptors (Lipinski definition) is 2. The molecule has 24 heavy (non-hydrogen) atoms. The molecule has 0 radical (unpaired) electrons. The molecule has 0 spiro atoms. The highest BCUT2D eigenvalue weighted by molar-refractivity contribution is 6.78. The molecular formula is C20H31NO2Si. The summed E-state index contributed by atoms with van der Waals surface area (Å²) in [4.78, 5) is 14.6. The van der Waals surface area contributed by atoms with Gasteiger partial charge < -0.3 is 9.64 Å². The van der Waals surface area contributed by atoms with E-state index in [2.05, 4.69) is 44.8 Å². The summed E-state index contributed by atoms with van der Waals surface area (Å²) < 4.78 is 5.95. The van der Waals surface area contributed by atoms with Crippen molar-refractivity contribution in [2.75, 3.05) is 0 Å². The second-order valence-electron chi connectivity index (χ2n) is 8.36. The number of amides is 1. The molecule has 0 N–H and O–H groups in total. The molecule has 1 aliphatic rings. The Bertz CT molecular complexity index is 648. The summed E-state index contributed by atoms with van der Waals surface area (Å²) in [5, 5.41) is 0. The van der Waals surface area contributed by atoms with Crippen molar-refractivity contribution in [3.05, 3.63) is 41.0 Å². The molecule has 1 aromatic carbocycles. The van der Waals surface area contributed by atoms with Gasteiger partial charge >= 0.3 is 6.09 Å². The van der Waals surface area contributed by atoms with Crippen LogP contribution in [-0.2, 0) is 4.74 Å². The summed E-state index contributed by atoms with van der Waals surface area (Å²) in [6, 6.07) is 8.60. The zero-order valence-corrected chi connectivity index (χ0v) is 17.3. The average Bonchev–Trinajstić information content (AvgIpc) is 2.70. The van der Waals surface area contributed by atoms with Gasteiger partial charge in [-0.3, -0.25) is 0 Å². The van der Waals surface area contributed by atoms with Gasteiger partial charge in [0.1, 0.15) is 5.76 Å². The third kappa shape index (κ3) is 3.43. The molecule has 0 aromatic heterocycles. The van der Waals surface area contributed by atoms with Gasteiger partial charge in [-0.2, -0.15) is 0 Å². The molecule has 0 aliphatic heterocycles. The van der Waals surface area contributed by atoms with Crippen molar-refractivity contribution in [2.24, 2.45) is 0 Å². The molecule has 0 saturated heterocycles. The van der Waals surface area contributed by atoms with Gasteiger partial charge in [0.25, 0.3) is 0 Å². The van der Waals surface area contributed by atoms with Crippen LogP contribution in [-0.4, -0.2) is 31.2 Å². The molecule has 1 aliphatic carbocycles. The van der Waals surface area contributed by atoms with E-state index in [-0.39, 0.29) is 18.2 Å². The van der Waals surface area contributed by atoms with E-state index in [1.54, 1.807) is 4.90 Å². The van der Waals surface area contributed by atoms with Gasteiger partial charge in [-0.1, -0.05) is 43.9 Å². The standard InChI is InChI=1S/C20H31NO2Si/c1-13(2)21(14(3)4)20(22)23-18-15(5)19(24(6,7)8)17-12-10-9-11-16(17)18/h9-14,19H,1-8H3/t19-/m1/s1. The van der Waals surface area contributed by atoms with Crippen LogP contribution in [0.2, 0.25) is 19.6 Å². The van der Waals surface area contributed by atoms with Crippen molar-refractivity contribution < 1.29 is 9.53 Å². The van der Waals surface area contributed by atoms with Gasteiger partial charge in [0.2, 0.25) is 0 Å². The lowest BCUT2D eigenvalue weighted by Crippen LogP contribution is -2.42. The van der Waals surface area contributed by atoms with Crippen LogP contribution in [0.25, 0.3) is 5.76 Å². The number of carbonyl (C=O) groups excluding carboxylic acids is 1. The van der Waals surface area contributed by atoms with Crippen molar-refractivity contribution in [1.29, 1.82) is 0 Å². The summed E-state index contributed by atoms with van der Waals surface area (Å²) in [5.74, 6) is 0.773. The molecule has 0 bridgehead atoms. The van der Waals surface area contributed by atoms with Gasteiger partial charge in [0.05, 0.1) is 8.07 Å². The number of rotatable bonds is 4. The largest absolute Gasteiger partial charge is 0.415 e. The summed E-state index contributed by atoms with van der Waals surface area (Å²) in [7, 11) is -1.46. The van der Waals surface area contributed by atoms with Crippen LogP contribution in [0, 0.1) is 0 Å². The zero-order chi connectivity index (χ0) is 18.2. The first kappa shape index (κ1) is 18.8. The van der Waals surface area contributed by atoms with Crippen molar-refractivity contribution in [3.8, 4) is 0 Å². The minimum Gasteiger partial charge on any atom is -0.410 e. The third-order valence-corrected chi connectivity index (χ3v) is 7.16. The van der Waals surface area contributed by atoms with E-state index >= 15 is 0 Å². The van der Waals surface area contributed by atoms with Crippen molar-refractivity contribution in [3.63, 3.8) is 0 Å². The summed E-state index contributed by atoms with van der Waals surface area (Å²) >= 11 is 0. The van der Waals surface area contributed by atoms with Crippen LogP contribution in [0.1, 0.15) is 51.3 Å². The van der Waals surface area contributed by atoms with Gasteiger partial charge in [-0.15, -0.1) is 0 Å². The maximum Gasteiger partial charge on any atom is 0.415 e. The Kier molecular flexibility index (Phi) is 5.28. The van der Waals surface area contributed by atoms with Crippen LogP contribution in [0.3, 0.4) is 0 Å². The fourth-order valence-corrected chi connectivity index (χ4v) is 6.56. The second kappa shape index (κ2) is 6.75. The van der Waals surface area contributed by atoms with Crippen LogP contribution in [0.15, 0.2) is 29.8 Å². The van der Waals surface area contributed by atoms with E-state index in [1.165, 1.54) is 11.1 Å². The van der Waals surface area contributed by atoms with Crippen molar-refractivity contribution in [1.82, 2.24) is 4.90 Å². The molecule has 0 saturated carbocycles. The predicted octanol–water partition coefficient (Wildman–Crippen LogP) is 5.65. The SMILES string of the molecule is CC1=C(OC(=O)N(C(C)C)C(C)C)c2ccccc2[C@@H]1[Si](C)(C)C. The topological polar surface area (TPSA) is 29.5 Å². The van der Waals surface area contributed by atoms with Crippen LogP contribution >= 0.6 is 0 Å². The summed E-state index contributed by atoms with van der Waals surface area (Å²) in [6.07, 6.45) is -0.250. The highest BCUT2D eigenvalue weighted by Crippen LogP contribution is 2.46.